The molecule has 1 N–H and O–H groups in total. The van der Waals surface area contributed by atoms with Crippen molar-refractivity contribution in [1.82, 2.24) is 4.90 Å². The van der Waals surface area contributed by atoms with Crippen LogP contribution in [0.25, 0.3) is 0 Å². The van der Waals surface area contributed by atoms with Gasteiger partial charge in [-0.1, -0.05) is 19.9 Å². The van der Waals surface area contributed by atoms with Gasteiger partial charge in [0.25, 0.3) is 0 Å². The molecule has 3 nitrogen and oxygen atoms in total. The van der Waals surface area contributed by atoms with E-state index < -0.39 is 5.97 Å². The Morgan fingerprint density at radius 1 is 1.50 bits per heavy atom. The Morgan fingerprint density at radius 2 is 2.00 bits per heavy atom. The minimum absolute atomic E-state index is 0.205. The molecule has 0 fully saturated rings. The van der Waals surface area contributed by atoms with Crippen LogP contribution in [0.1, 0.15) is 20.8 Å². The van der Waals surface area contributed by atoms with E-state index in [1.807, 2.05) is 6.92 Å². The molecule has 0 aliphatic heterocycles. The van der Waals surface area contributed by atoms with E-state index in [0.717, 1.165) is 13.1 Å². The summed E-state index contributed by atoms with van der Waals surface area (Å²) >= 11 is 0. The van der Waals surface area contributed by atoms with Crippen LogP contribution in [0, 0.1) is 0 Å². The molecule has 0 aliphatic carbocycles. The number of likely N-dealkylation sites (N-methyl/N-ethyl adjacent to an activating group) is 1. The molecule has 0 saturated heterocycles. The van der Waals surface area contributed by atoms with E-state index in [0.29, 0.717) is 0 Å². The fraction of sp³-hybridized carbons (Fsp3) is 0.667. The third-order valence-electron chi connectivity index (χ3n) is 1.91. The van der Waals surface area contributed by atoms with Crippen molar-refractivity contribution in [2.24, 2.45) is 0 Å². The average Bonchev–Trinajstić information content (AvgIpc) is 2.03. The second-order valence-electron chi connectivity index (χ2n) is 2.66. The van der Waals surface area contributed by atoms with Gasteiger partial charge in [0.05, 0.1) is 0 Å². The quantitative estimate of drug-likeness (QED) is 0.635. The van der Waals surface area contributed by atoms with Gasteiger partial charge in [0.15, 0.2) is 0 Å². The summed E-state index contributed by atoms with van der Waals surface area (Å²) in [4.78, 5) is 12.4. The van der Waals surface area contributed by atoms with Gasteiger partial charge >= 0.3 is 5.97 Å². The molecule has 0 spiro atoms. The predicted octanol–water partition coefficient (Wildman–Crippen LogP) is 1.36. The highest BCUT2D eigenvalue weighted by atomic mass is 16.4. The van der Waals surface area contributed by atoms with E-state index in [1.54, 1.807) is 6.08 Å². The van der Waals surface area contributed by atoms with Gasteiger partial charge < -0.3 is 5.11 Å². The summed E-state index contributed by atoms with van der Waals surface area (Å²) in [7, 11) is 0. The summed E-state index contributed by atoms with van der Waals surface area (Å²) in [5, 5.41) is 8.38. The van der Waals surface area contributed by atoms with Crippen LogP contribution in [0.3, 0.4) is 0 Å². The second kappa shape index (κ2) is 5.77. The molecular formula is C9H17NO2. The molecule has 1 atom stereocenters. The lowest BCUT2D eigenvalue weighted by atomic mass is 10.2. The SMILES string of the molecule is CCN(CC)[C@@H](C)/C=C/C(=O)O. The lowest BCUT2D eigenvalue weighted by Crippen LogP contribution is -2.31. The minimum atomic E-state index is -0.881. The number of carbonyl (C=O) groups is 1. The smallest absolute Gasteiger partial charge is 0.328 e. The molecule has 12 heavy (non-hydrogen) atoms. The van der Waals surface area contributed by atoms with E-state index in [2.05, 4.69) is 18.7 Å². The summed E-state index contributed by atoms with van der Waals surface area (Å²) in [6.45, 7) is 8.01. The first kappa shape index (κ1) is 11.2. The van der Waals surface area contributed by atoms with Gasteiger partial charge in [-0.25, -0.2) is 4.79 Å². The van der Waals surface area contributed by atoms with Crippen LogP contribution in [0.4, 0.5) is 0 Å². The summed E-state index contributed by atoms with van der Waals surface area (Å²) in [5.74, 6) is -0.881. The number of nitrogens with zero attached hydrogens (tertiary/aromatic N) is 1. The molecule has 0 aromatic carbocycles. The second-order valence-corrected chi connectivity index (χ2v) is 2.66. The van der Waals surface area contributed by atoms with Crippen LogP contribution in [0.5, 0.6) is 0 Å². The molecule has 3 heteroatoms. The molecule has 0 aliphatic rings. The van der Waals surface area contributed by atoms with Crippen molar-refractivity contribution in [3.05, 3.63) is 12.2 Å². The Hall–Kier alpha value is -0.830. The summed E-state index contributed by atoms with van der Waals surface area (Å²) in [6, 6.07) is 0.205. The third kappa shape index (κ3) is 4.13. The fourth-order valence-electron chi connectivity index (χ4n) is 1.14. The molecule has 0 rings (SSSR count). The Kier molecular flexibility index (Phi) is 5.37. The van der Waals surface area contributed by atoms with Gasteiger partial charge in [0, 0.05) is 12.1 Å². The average molecular weight is 171 g/mol. The Bertz CT molecular complexity index is 162. The zero-order valence-corrected chi connectivity index (χ0v) is 7.95. The summed E-state index contributed by atoms with van der Waals surface area (Å²) < 4.78 is 0. The zero-order valence-electron chi connectivity index (χ0n) is 7.95. The van der Waals surface area contributed by atoms with Crippen molar-refractivity contribution in [2.75, 3.05) is 13.1 Å². The molecule has 0 unspecified atom stereocenters. The van der Waals surface area contributed by atoms with Gasteiger partial charge in [-0.2, -0.15) is 0 Å². The third-order valence-corrected chi connectivity index (χ3v) is 1.91. The fourth-order valence-corrected chi connectivity index (χ4v) is 1.14. The number of hydrogen-bond donors (Lipinski definition) is 1. The Morgan fingerprint density at radius 3 is 2.33 bits per heavy atom. The van der Waals surface area contributed by atoms with Crippen molar-refractivity contribution in [3.63, 3.8) is 0 Å². The molecule has 70 valence electrons. The lowest BCUT2D eigenvalue weighted by molar-refractivity contribution is -0.131. The highest BCUT2D eigenvalue weighted by Gasteiger charge is 2.05. The van der Waals surface area contributed by atoms with Crippen molar-refractivity contribution in [3.8, 4) is 0 Å². The first-order chi connectivity index (χ1) is 5.61. The largest absolute Gasteiger partial charge is 0.478 e. The monoisotopic (exact) mass is 171 g/mol. The topological polar surface area (TPSA) is 40.5 Å². The van der Waals surface area contributed by atoms with Crippen LogP contribution in [-0.4, -0.2) is 35.1 Å². The molecule has 0 aromatic rings. The number of rotatable bonds is 5. The van der Waals surface area contributed by atoms with Gasteiger partial charge in [-0.15, -0.1) is 0 Å². The maximum Gasteiger partial charge on any atom is 0.328 e. The molecule has 0 bridgehead atoms. The minimum Gasteiger partial charge on any atom is -0.478 e. The Balaban J connectivity index is 3.99. The van der Waals surface area contributed by atoms with Crippen molar-refractivity contribution in [2.45, 2.75) is 26.8 Å². The van der Waals surface area contributed by atoms with Crippen molar-refractivity contribution >= 4 is 5.97 Å². The van der Waals surface area contributed by atoms with Crippen molar-refractivity contribution < 1.29 is 9.90 Å². The van der Waals surface area contributed by atoms with Crippen LogP contribution in [-0.2, 0) is 4.79 Å². The zero-order chi connectivity index (χ0) is 9.56. The maximum absolute atomic E-state index is 10.2. The van der Waals surface area contributed by atoms with Crippen LogP contribution in [0.2, 0.25) is 0 Å². The van der Waals surface area contributed by atoms with Crippen molar-refractivity contribution in [1.29, 1.82) is 0 Å². The number of aliphatic carboxylic acids is 1. The first-order valence-corrected chi connectivity index (χ1v) is 4.27. The molecule has 0 heterocycles. The molecule has 0 amide bonds. The lowest BCUT2D eigenvalue weighted by Gasteiger charge is -2.23. The predicted molar refractivity (Wildman–Crippen MR) is 49.2 cm³/mol. The van der Waals surface area contributed by atoms with Gasteiger partial charge in [-0.3, -0.25) is 4.90 Å². The molecule has 0 saturated carbocycles. The molecule has 0 aromatic heterocycles. The van der Waals surface area contributed by atoms with E-state index in [4.69, 9.17) is 5.11 Å². The first-order valence-electron chi connectivity index (χ1n) is 4.27. The Labute approximate surface area is 73.7 Å². The summed E-state index contributed by atoms with van der Waals surface area (Å²) in [6.07, 6.45) is 2.90. The van der Waals surface area contributed by atoms with Crippen LogP contribution in [0.15, 0.2) is 12.2 Å². The van der Waals surface area contributed by atoms with Crippen LogP contribution >= 0.6 is 0 Å². The van der Waals surface area contributed by atoms with Gasteiger partial charge in [-0.05, 0) is 20.0 Å². The van der Waals surface area contributed by atoms with E-state index in [1.165, 1.54) is 6.08 Å². The highest BCUT2D eigenvalue weighted by molar-refractivity contribution is 5.79. The highest BCUT2D eigenvalue weighted by Crippen LogP contribution is 1.99. The van der Waals surface area contributed by atoms with Gasteiger partial charge in [0.1, 0.15) is 0 Å². The standard InChI is InChI=1S/C9H17NO2/c1-4-10(5-2)8(3)6-7-9(11)12/h6-8H,4-5H2,1-3H3,(H,11,12)/b7-6+/t8-/m0/s1. The number of hydrogen-bond acceptors (Lipinski definition) is 2. The van der Waals surface area contributed by atoms with Crippen LogP contribution < -0.4 is 0 Å². The van der Waals surface area contributed by atoms with E-state index in [9.17, 15) is 4.79 Å². The molecule has 0 radical (unpaired) electrons. The van der Waals surface area contributed by atoms with E-state index in [-0.39, 0.29) is 6.04 Å². The van der Waals surface area contributed by atoms with E-state index >= 15 is 0 Å². The molecular weight excluding hydrogens is 154 g/mol. The maximum atomic E-state index is 10.2. The van der Waals surface area contributed by atoms with Gasteiger partial charge in [0.2, 0.25) is 0 Å². The normalized spacial score (nSPS) is 14.0. The number of carboxylic acids is 1. The summed E-state index contributed by atoms with van der Waals surface area (Å²) in [5.41, 5.74) is 0. The number of carboxylic acid groups (broad SMARTS) is 1.